The van der Waals surface area contributed by atoms with E-state index >= 15 is 0 Å². The average molecular weight is 429 g/mol. The lowest BCUT2D eigenvalue weighted by Gasteiger charge is -2.31. The Balaban J connectivity index is 1.58. The van der Waals surface area contributed by atoms with Gasteiger partial charge in [-0.1, -0.05) is 0 Å². The van der Waals surface area contributed by atoms with E-state index in [4.69, 9.17) is 12.2 Å². The van der Waals surface area contributed by atoms with Crippen molar-refractivity contribution in [1.82, 2.24) is 14.3 Å². The lowest BCUT2D eigenvalue weighted by molar-refractivity contribution is 0.510. The molecule has 10 heteroatoms. The van der Waals surface area contributed by atoms with Crippen LogP contribution in [0.15, 0.2) is 12.1 Å². The van der Waals surface area contributed by atoms with Crippen LogP contribution in [0, 0.1) is 22.3 Å². The highest BCUT2D eigenvalue weighted by Gasteiger charge is 2.29. The zero-order valence-electron chi connectivity index (χ0n) is 15.6. The van der Waals surface area contributed by atoms with Gasteiger partial charge in [0.1, 0.15) is 24.1 Å². The molecular weight excluding hydrogens is 406 g/mol. The number of hydrogen-bond donors (Lipinski definition) is 0. The van der Waals surface area contributed by atoms with Gasteiger partial charge in [0.05, 0.1) is 17.2 Å². The molecule has 1 aromatic carbocycles. The van der Waals surface area contributed by atoms with E-state index in [2.05, 4.69) is 5.10 Å². The molecule has 2 aliphatic heterocycles. The van der Waals surface area contributed by atoms with E-state index in [1.807, 2.05) is 11.9 Å². The van der Waals surface area contributed by atoms with Crippen molar-refractivity contribution in [2.75, 3.05) is 23.0 Å². The van der Waals surface area contributed by atoms with E-state index in [-0.39, 0.29) is 24.1 Å². The van der Waals surface area contributed by atoms with E-state index in [1.54, 1.807) is 9.25 Å². The van der Waals surface area contributed by atoms with E-state index in [0.717, 1.165) is 18.3 Å². The minimum atomic E-state index is -2.95. The molecule has 0 bridgehead atoms. The molecule has 1 fully saturated rings. The second kappa shape index (κ2) is 7.22. The Morgan fingerprint density at radius 3 is 2.82 bits per heavy atom. The average Bonchev–Trinajstić information content (AvgIpc) is 3.08. The van der Waals surface area contributed by atoms with Crippen LogP contribution in [-0.4, -0.2) is 40.8 Å². The summed E-state index contributed by atoms with van der Waals surface area (Å²) in [5, 5.41) is 4.58. The minimum absolute atomic E-state index is 0.0464. The van der Waals surface area contributed by atoms with E-state index in [9.17, 15) is 17.2 Å². The standard InChI is InChI=1S/C18H22F2N4O2S2/c1-22-16(7-12-4-6-28(25,26)10-12)21-24(18(22)27)11-23-5-2-3-13-8-14(19)9-15(20)17(13)23/h8-9,12H,2-7,10-11H2,1H3. The van der Waals surface area contributed by atoms with Crippen LogP contribution in [0.4, 0.5) is 14.5 Å². The molecule has 0 aliphatic carbocycles. The molecule has 0 saturated carbocycles. The monoisotopic (exact) mass is 428 g/mol. The summed E-state index contributed by atoms with van der Waals surface area (Å²) < 4.78 is 55.3. The lowest BCUT2D eigenvalue weighted by atomic mass is 10.0. The molecule has 28 heavy (non-hydrogen) atoms. The number of rotatable bonds is 4. The third kappa shape index (κ3) is 3.71. The van der Waals surface area contributed by atoms with Crippen LogP contribution in [0.5, 0.6) is 0 Å². The second-order valence-electron chi connectivity index (χ2n) is 7.63. The first kappa shape index (κ1) is 19.5. The van der Waals surface area contributed by atoms with Gasteiger partial charge in [0, 0.05) is 26.1 Å². The summed E-state index contributed by atoms with van der Waals surface area (Å²) in [5.41, 5.74) is 1.06. The topological polar surface area (TPSA) is 60.1 Å². The molecule has 0 spiro atoms. The fourth-order valence-electron chi connectivity index (χ4n) is 4.13. The highest BCUT2D eigenvalue weighted by atomic mass is 32.2. The highest BCUT2D eigenvalue weighted by Crippen LogP contribution is 2.31. The number of anilines is 1. The number of fused-ring (bicyclic) bond motifs is 1. The molecule has 0 amide bonds. The smallest absolute Gasteiger partial charge is 0.199 e. The van der Waals surface area contributed by atoms with Crippen LogP contribution in [-0.2, 0) is 36.4 Å². The summed E-state index contributed by atoms with van der Waals surface area (Å²) in [6.07, 6.45) is 2.61. The molecule has 1 aromatic heterocycles. The molecule has 3 heterocycles. The first-order valence-electron chi connectivity index (χ1n) is 9.29. The fourth-order valence-corrected chi connectivity index (χ4v) is 6.20. The summed E-state index contributed by atoms with van der Waals surface area (Å²) in [6, 6.07) is 2.29. The molecular formula is C18H22F2N4O2S2. The van der Waals surface area contributed by atoms with Gasteiger partial charge in [0.2, 0.25) is 0 Å². The third-order valence-electron chi connectivity index (χ3n) is 5.53. The number of aryl methyl sites for hydroxylation is 1. The van der Waals surface area contributed by atoms with Crippen LogP contribution in [0.3, 0.4) is 0 Å². The first-order chi connectivity index (χ1) is 13.2. The molecule has 1 unspecified atom stereocenters. The van der Waals surface area contributed by atoms with E-state index in [0.29, 0.717) is 41.8 Å². The summed E-state index contributed by atoms with van der Waals surface area (Å²) in [7, 11) is -1.14. The van der Waals surface area contributed by atoms with Gasteiger partial charge in [-0.05, 0) is 49.0 Å². The molecule has 1 saturated heterocycles. The fraction of sp³-hybridized carbons (Fsp3) is 0.556. The van der Waals surface area contributed by atoms with Crippen molar-refractivity contribution in [3.8, 4) is 0 Å². The lowest BCUT2D eigenvalue weighted by Crippen LogP contribution is -2.33. The van der Waals surface area contributed by atoms with Crippen LogP contribution < -0.4 is 4.90 Å². The summed E-state index contributed by atoms with van der Waals surface area (Å²) in [4.78, 5) is 1.83. The molecule has 0 N–H and O–H groups in total. The number of nitrogens with zero attached hydrogens (tertiary/aromatic N) is 4. The van der Waals surface area contributed by atoms with Gasteiger partial charge in [-0.3, -0.25) is 0 Å². The Kier molecular flexibility index (Phi) is 5.03. The highest BCUT2D eigenvalue weighted by molar-refractivity contribution is 7.91. The van der Waals surface area contributed by atoms with Crippen LogP contribution in [0.25, 0.3) is 0 Å². The normalized spacial score (nSPS) is 21.1. The molecule has 2 aliphatic rings. The SMILES string of the molecule is Cn1c(CC2CCS(=O)(=O)C2)nn(CN2CCCc3cc(F)cc(F)c32)c1=S. The van der Waals surface area contributed by atoms with Crippen molar-refractivity contribution in [2.45, 2.75) is 32.4 Å². The van der Waals surface area contributed by atoms with Crippen molar-refractivity contribution in [3.05, 3.63) is 39.9 Å². The van der Waals surface area contributed by atoms with Crippen molar-refractivity contribution in [3.63, 3.8) is 0 Å². The quantitative estimate of drug-likeness (QED) is 0.701. The molecule has 1 atom stereocenters. The minimum Gasteiger partial charge on any atom is -0.349 e. The number of benzene rings is 1. The predicted molar refractivity (Wildman–Crippen MR) is 105 cm³/mol. The van der Waals surface area contributed by atoms with E-state index in [1.165, 1.54) is 6.07 Å². The van der Waals surface area contributed by atoms with Gasteiger partial charge in [-0.25, -0.2) is 21.9 Å². The van der Waals surface area contributed by atoms with Gasteiger partial charge in [0.25, 0.3) is 0 Å². The molecule has 2 aromatic rings. The summed E-state index contributed by atoms with van der Waals surface area (Å²) in [5.74, 6) is 0.0374. The maximum absolute atomic E-state index is 14.4. The molecule has 6 nitrogen and oxygen atoms in total. The Hall–Kier alpha value is -1.81. The van der Waals surface area contributed by atoms with Gasteiger partial charge < -0.3 is 9.47 Å². The zero-order chi connectivity index (χ0) is 20.1. The largest absolute Gasteiger partial charge is 0.349 e. The van der Waals surface area contributed by atoms with Crippen molar-refractivity contribution >= 4 is 27.7 Å². The Morgan fingerprint density at radius 1 is 1.32 bits per heavy atom. The molecule has 152 valence electrons. The van der Waals surface area contributed by atoms with Crippen molar-refractivity contribution < 1.29 is 17.2 Å². The van der Waals surface area contributed by atoms with Gasteiger partial charge in [0.15, 0.2) is 14.6 Å². The van der Waals surface area contributed by atoms with Gasteiger partial charge in [-0.15, -0.1) is 0 Å². The van der Waals surface area contributed by atoms with Crippen molar-refractivity contribution in [2.24, 2.45) is 13.0 Å². The van der Waals surface area contributed by atoms with Gasteiger partial charge >= 0.3 is 0 Å². The Labute approximate surface area is 167 Å². The third-order valence-corrected chi connectivity index (χ3v) is 7.85. The number of halogens is 2. The van der Waals surface area contributed by atoms with Crippen molar-refractivity contribution in [1.29, 1.82) is 0 Å². The summed E-state index contributed by atoms with van der Waals surface area (Å²) >= 11 is 5.49. The maximum Gasteiger partial charge on any atom is 0.199 e. The zero-order valence-corrected chi connectivity index (χ0v) is 17.2. The van der Waals surface area contributed by atoms with E-state index < -0.39 is 21.5 Å². The van der Waals surface area contributed by atoms with Crippen LogP contribution in [0.2, 0.25) is 0 Å². The Morgan fingerprint density at radius 2 is 2.11 bits per heavy atom. The first-order valence-corrected chi connectivity index (χ1v) is 11.5. The number of hydrogen-bond acceptors (Lipinski definition) is 5. The number of aromatic nitrogens is 3. The maximum atomic E-state index is 14.4. The second-order valence-corrected chi connectivity index (χ2v) is 10.2. The molecule has 4 rings (SSSR count). The van der Waals surface area contributed by atoms with Crippen LogP contribution in [0.1, 0.15) is 24.2 Å². The predicted octanol–water partition coefficient (Wildman–Crippen LogP) is 2.62. The molecule has 0 radical (unpaired) electrons. The Bertz CT molecular complexity index is 1080. The number of sulfone groups is 1. The van der Waals surface area contributed by atoms with Crippen LogP contribution >= 0.6 is 12.2 Å². The van der Waals surface area contributed by atoms with Gasteiger partial charge in [-0.2, -0.15) is 5.10 Å². The summed E-state index contributed by atoms with van der Waals surface area (Å²) in [6.45, 7) is 0.898.